The zero-order valence-electron chi connectivity index (χ0n) is 14.1. The van der Waals surface area contributed by atoms with Crippen LogP contribution in [-0.4, -0.2) is 16.4 Å². The van der Waals surface area contributed by atoms with Crippen LogP contribution in [0.3, 0.4) is 0 Å². The number of pyridine rings is 1. The lowest BCUT2D eigenvalue weighted by atomic mass is 10.1. The van der Waals surface area contributed by atoms with Crippen molar-refractivity contribution in [2.24, 2.45) is 7.05 Å². The van der Waals surface area contributed by atoms with Crippen LogP contribution in [0.2, 0.25) is 0 Å². The Hall–Kier alpha value is -3.48. The number of hydrogen-bond acceptors (Lipinski definition) is 4. The summed E-state index contributed by atoms with van der Waals surface area (Å²) in [5.74, 6) is -1.96. The molecule has 1 heterocycles. The minimum Gasteiger partial charge on any atom is -0.425 e. The van der Waals surface area contributed by atoms with E-state index in [-0.39, 0.29) is 11.3 Å². The highest BCUT2D eigenvalue weighted by Crippen LogP contribution is 2.28. The van der Waals surface area contributed by atoms with E-state index < -0.39 is 23.3 Å². The lowest BCUT2D eigenvalue weighted by Crippen LogP contribution is -2.29. The SMILES string of the molecule is CC(=O)Oc1c(C(=O)Nc2ccc(F)cc2)c(=O)n(C)c2ccccc12. The first-order chi connectivity index (χ1) is 12.4. The largest absolute Gasteiger partial charge is 0.425 e. The van der Waals surface area contributed by atoms with E-state index in [4.69, 9.17) is 4.74 Å². The Labute approximate surface area is 147 Å². The van der Waals surface area contributed by atoms with E-state index in [1.807, 2.05) is 0 Å². The minimum absolute atomic E-state index is 0.101. The average Bonchev–Trinajstić information content (AvgIpc) is 2.61. The topological polar surface area (TPSA) is 77.4 Å². The van der Waals surface area contributed by atoms with Crippen molar-refractivity contribution in [2.75, 3.05) is 5.32 Å². The molecular formula is C19H15FN2O4. The Balaban J connectivity index is 2.18. The van der Waals surface area contributed by atoms with Gasteiger partial charge in [-0.2, -0.15) is 0 Å². The van der Waals surface area contributed by atoms with Crippen LogP contribution >= 0.6 is 0 Å². The van der Waals surface area contributed by atoms with Crippen molar-refractivity contribution < 1.29 is 18.7 Å². The van der Waals surface area contributed by atoms with Gasteiger partial charge in [-0.15, -0.1) is 0 Å². The third-order valence-electron chi connectivity index (χ3n) is 3.83. The highest BCUT2D eigenvalue weighted by molar-refractivity contribution is 6.09. The number of nitrogens with zero attached hydrogens (tertiary/aromatic N) is 1. The first-order valence-electron chi connectivity index (χ1n) is 7.75. The van der Waals surface area contributed by atoms with Crippen molar-refractivity contribution in [1.29, 1.82) is 0 Å². The molecule has 132 valence electrons. The number of para-hydroxylation sites is 1. The maximum atomic E-state index is 13.0. The van der Waals surface area contributed by atoms with Crippen molar-refractivity contribution in [3.8, 4) is 5.75 Å². The predicted molar refractivity (Wildman–Crippen MR) is 94.9 cm³/mol. The Morgan fingerprint density at radius 1 is 1.08 bits per heavy atom. The van der Waals surface area contributed by atoms with Crippen molar-refractivity contribution >= 4 is 28.5 Å². The predicted octanol–water partition coefficient (Wildman–Crippen LogP) is 2.86. The number of carbonyl (C=O) groups excluding carboxylic acids is 2. The molecular weight excluding hydrogens is 339 g/mol. The van der Waals surface area contributed by atoms with Crippen molar-refractivity contribution in [2.45, 2.75) is 6.92 Å². The van der Waals surface area contributed by atoms with Crippen LogP contribution in [0, 0.1) is 5.82 Å². The molecule has 6 nitrogen and oxygen atoms in total. The number of hydrogen-bond donors (Lipinski definition) is 1. The first kappa shape index (κ1) is 17.3. The molecule has 0 spiro atoms. The van der Waals surface area contributed by atoms with E-state index in [1.165, 1.54) is 42.8 Å². The Morgan fingerprint density at radius 3 is 2.38 bits per heavy atom. The van der Waals surface area contributed by atoms with E-state index in [0.717, 1.165) is 0 Å². The van der Waals surface area contributed by atoms with Crippen LogP contribution in [0.4, 0.5) is 10.1 Å². The number of aryl methyl sites for hydroxylation is 1. The van der Waals surface area contributed by atoms with E-state index in [0.29, 0.717) is 16.6 Å². The van der Waals surface area contributed by atoms with Crippen LogP contribution in [-0.2, 0) is 11.8 Å². The van der Waals surface area contributed by atoms with E-state index in [9.17, 15) is 18.8 Å². The fourth-order valence-electron chi connectivity index (χ4n) is 2.64. The van der Waals surface area contributed by atoms with Gasteiger partial charge in [0.25, 0.3) is 11.5 Å². The average molecular weight is 354 g/mol. The Morgan fingerprint density at radius 2 is 1.73 bits per heavy atom. The zero-order valence-corrected chi connectivity index (χ0v) is 14.1. The molecule has 2 aromatic carbocycles. The lowest BCUT2D eigenvalue weighted by molar-refractivity contribution is -0.131. The summed E-state index contributed by atoms with van der Waals surface area (Å²) >= 11 is 0. The molecule has 1 amide bonds. The molecule has 0 saturated heterocycles. The van der Waals surface area contributed by atoms with E-state index >= 15 is 0 Å². The van der Waals surface area contributed by atoms with Gasteiger partial charge in [0.1, 0.15) is 11.4 Å². The highest BCUT2D eigenvalue weighted by atomic mass is 19.1. The molecule has 0 fully saturated rings. The number of anilines is 1. The molecule has 0 saturated carbocycles. The zero-order chi connectivity index (χ0) is 18.8. The fourth-order valence-corrected chi connectivity index (χ4v) is 2.64. The molecule has 0 unspecified atom stereocenters. The van der Waals surface area contributed by atoms with Gasteiger partial charge in [-0.25, -0.2) is 4.39 Å². The number of carbonyl (C=O) groups is 2. The van der Waals surface area contributed by atoms with Gasteiger partial charge in [-0.3, -0.25) is 14.4 Å². The molecule has 0 aliphatic rings. The van der Waals surface area contributed by atoms with Gasteiger partial charge < -0.3 is 14.6 Å². The molecule has 7 heteroatoms. The standard InChI is InChI=1S/C19H15FN2O4/c1-11(23)26-17-14-5-3-4-6-15(14)22(2)19(25)16(17)18(24)21-13-9-7-12(20)8-10-13/h3-10H,1-2H3,(H,21,24). The van der Waals surface area contributed by atoms with Crippen LogP contribution in [0.1, 0.15) is 17.3 Å². The van der Waals surface area contributed by atoms with Crippen molar-refractivity contribution in [1.82, 2.24) is 4.57 Å². The van der Waals surface area contributed by atoms with Crippen LogP contribution in [0.5, 0.6) is 5.75 Å². The molecule has 3 aromatic rings. The first-order valence-corrected chi connectivity index (χ1v) is 7.75. The molecule has 0 radical (unpaired) electrons. The lowest BCUT2D eigenvalue weighted by Gasteiger charge is -2.14. The second-order valence-corrected chi connectivity index (χ2v) is 5.64. The van der Waals surface area contributed by atoms with Gasteiger partial charge in [0.2, 0.25) is 0 Å². The Bertz CT molecular complexity index is 1070. The highest BCUT2D eigenvalue weighted by Gasteiger charge is 2.24. The summed E-state index contributed by atoms with van der Waals surface area (Å²) in [6.45, 7) is 1.19. The monoisotopic (exact) mass is 354 g/mol. The number of benzene rings is 2. The number of halogens is 1. The number of nitrogens with one attached hydrogen (secondary N) is 1. The molecule has 0 bridgehead atoms. The summed E-state index contributed by atoms with van der Waals surface area (Å²) in [6, 6.07) is 11.9. The molecule has 0 aliphatic carbocycles. The summed E-state index contributed by atoms with van der Waals surface area (Å²) in [4.78, 5) is 36.9. The quantitative estimate of drug-likeness (QED) is 0.734. The van der Waals surface area contributed by atoms with Gasteiger partial charge >= 0.3 is 5.97 Å². The number of rotatable bonds is 3. The number of fused-ring (bicyclic) bond motifs is 1. The van der Waals surface area contributed by atoms with Gasteiger partial charge in [0.15, 0.2) is 5.75 Å². The third kappa shape index (κ3) is 3.19. The van der Waals surface area contributed by atoms with Crippen molar-refractivity contribution in [3.63, 3.8) is 0 Å². The Kier molecular flexibility index (Phi) is 4.53. The summed E-state index contributed by atoms with van der Waals surface area (Å²) in [5, 5.41) is 2.97. The molecule has 1 N–H and O–H groups in total. The van der Waals surface area contributed by atoms with Gasteiger partial charge in [-0.1, -0.05) is 12.1 Å². The molecule has 3 rings (SSSR count). The fraction of sp³-hybridized carbons (Fsp3) is 0.105. The molecule has 0 atom stereocenters. The summed E-state index contributed by atoms with van der Waals surface area (Å²) in [6.07, 6.45) is 0. The summed E-state index contributed by atoms with van der Waals surface area (Å²) in [5.41, 5.74) is -0.0854. The van der Waals surface area contributed by atoms with Crippen LogP contribution in [0.25, 0.3) is 10.9 Å². The van der Waals surface area contributed by atoms with Gasteiger partial charge in [0.05, 0.1) is 5.52 Å². The molecule has 26 heavy (non-hydrogen) atoms. The third-order valence-corrected chi connectivity index (χ3v) is 3.83. The number of aromatic nitrogens is 1. The van der Waals surface area contributed by atoms with Gasteiger partial charge in [0, 0.05) is 25.0 Å². The number of amides is 1. The van der Waals surface area contributed by atoms with E-state index in [1.54, 1.807) is 24.3 Å². The number of ether oxygens (including phenoxy) is 1. The smallest absolute Gasteiger partial charge is 0.308 e. The summed E-state index contributed by atoms with van der Waals surface area (Å²) < 4.78 is 19.5. The minimum atomic E-state index is -0.751. The second-order valence-electron chi connectivity index (χ2n) is 5.64. The second kappa shape index (κ2) is 6.79. The van der Waals surface area contributed by atoms with Crippen LogP contribution in [0.15, 0.2) is 53.3 Å². The van der Waals surface area contributed by atoms with Crippen molar-refractivity contribution in [3.05, 3.63) is 70.3 Å². The maximum absolute atomic E-state index is 13.0. The van der Waals surface area contributed by atoms with Crippen LogP contribution < -0.4 is 15.6 Å². The molecule has 0 aliphatic heterocycles. The van der Waals surface area contributed by atoms with Gasteiger partial charge in [-0.05, 0) is 36.4 Å². The normalized spacial score (nSPS) is 10.6. The number of esters is 1. The maximum Gasteiger partial charge on any atom is 0.308 e. The molecule has 1 aromatic heterocycles. The summed E-state index contributed by atoms with van der Waals surface area (Å²) in [7, 11) is 1.52. The van der Waals surface area contributed by atoms with E-state index in [2.05, 4.69) is 5.32 Å².